The molecule has 0 aliphatic heterocycles. The van der Waals surface area contributed by atoms with Gasteiger partial charge in [0.1, 0.15) is 11.5 Å². The van der Waals surface area contributed by atoms with Gasteiger partial charge in [-0.05, 0) is 25.1 Å². The molecule has 4 nitrogen and oxygen atoms in total. The highest BCUT2D eigenvalue weighted by molar-refractivity contribution is 5.64. The largest absolute Gasteiger partial charge is 0.495 e. The van der Waals surface area contributed by atoms with Gasteiger partial charge in [0.2, 0.25) is 5.89 Å². The van der Waals surface area contributed by atoms with E-state index in [4.69, 9.17) is 14.9 Å². The molecule has 2 aromatic rings. The minimum atomic E-state index is 0.607. The number of aryl methyl sites for hydroxylation is 2. The van der Waals surface area contributed by atoms with E-state index in [1.807, 2.05) is 26.0 Å². The van der Waals surface area contributed by atoms with Crippen LogP contribution in [0.3, 0.4) is 0 Å². The van der Waals surface area contributed by atoms with Crippen LogP contribution in [0.5, 0.6) is 5.75 Å². The predicted octanol–water partition coefficient (Wildman–Crippen LogP) is 2.80. The van der Waals surface area contributed by atoms with E-state index in [2.05, 4.69) is 4.98 Å². The number of hydrogen-bond donors (Lipinski definition) is 1. The molecule has 0 saturated heterocycles. The van der Waals surface area contributed by atoms with Gasteiger partial charge in [0.25, 0.3) is 0 Å². The van der Waals surface area contributed by atoms with Crippen LogP contribution in [0.15, 0.2) is 22.6 Å². The van der Waals surface area contributed by atoms with Crippen molar-refractivity contribution in [2.45, 2.75) is 20.3 Å². The van der Waals surface area contributed by atoms with Crippen LogP contribution in [0.1, 0.15) is 18.4 Å². The fraction of sp³-hybridized carbons (Fsp3) is 0.308. The number of nitrogens with zero attached hydrogens (tertiary/aromatic N) is 1. The lowest BCUT2D eigenvalue weighted by Crippen LogP contribution is -1.92. The summed E-state index contributed by atoms with van der Waals surface area (Å²) in [4.78, 5) is 4.39. The van der Waals surface area contributed by atoms with Crippen LogP contribution in [-0.2, 0) is 6.42 Å². The monoisotopic (exact) mass is 232 g/mol. The predicted molar refractivity (Wildman–Crippen MR) is 67.0 cm³/mol. The van der Waals surface area contributed by atoms with Gasteiger partial charge in [-0.25, -0.2) is 4.98 Å². The molecule has 0 unspecified atom stereocenters. The highest BCUT2D eigenvalue weighted by atomic mass is 16.5. The van der Waals surface area contributed by atoms with Gasteiger partial charge in [-0.3, -0.25) is 0 Å². The molecule has 0 radical (unpaired) electrons. The van der Waals surface area contributed by atoms with Crippen LogP contribution in [0.2, 0.25) is 0 Å². The number of aromatic nitrogens is 1. The molecule has 2 rings (SSSR count). The molecule has 0 aliphatic rings. The lowest BCUT2D eigenvalue weighted by Gasteiger charge is -2.04. The third kappa shape index (κ3) is 2.11. The number of oxazole rings is 1. The summed E-state index contributed by atoms with van der Waals surface area (Å²) in [5, 5.41) is 0. The molecule has 0 saturated carbocycles. The van der Waals surface area contributed by atoms with Gasteiger partial charge in [-0.15, -0.1) is 0 Å². The molecule has 0 spiro atoms. The van der Waals surface area contributed by atoms with Crippen LogP contribution in [0.4, 0.5) is 5.69 Å². The standard InChI is InChI=1S/C13H16N2O2/c1-4-11-8(2)15-13(17-11)9-5-6-10(14)12(7-9)16-3/h5-7H,4,14H2,1-3H3. The first kappa shape index (κ1) is 11.5. The second kappa shape index (κ2) is 4.49. The quantitative estimate of drug-likeness (QED) is 0.826. The second-order valence-corrected chi connectivity index (χ2v) is 3.84. The van der Waals surface area contributed by atoms with E-state index in [1.165, 1.54) is 0 Å². The maximum Gasteiger partial charge on any atom is 0.226 e. The smallest absolute Gasteiger partial charge is 0.226 e. The van der Waals surface area contributed by atoms with Crippen molar-refractivity contribution in [3.8, 4) is 17.2 Å². The summed E-state index contributed by atoms with van der Waals surface area (Å²) in [5.74, 6) is 2.16. The van der Waals surface area contributed by atoms with Crippen LogP contribution < -0.4 is 10.5 Å². The van der Waals surface area contributed by atoms with Gasteiger partial charge in [0, 0.05) is 12.0 Å². The Bertz CT molecular complexity index is 532. The van der Waals surface area contributed by atoms with Crippen LogP contribution in [0.25, 0.3) is 11.5 Å². The van der Waals surface area contributed by atoms with Crippen molar-refractivity contribution >= 4 is 5.69 Å². The van der Waals surface area contributed by atoms with Gasteiger partial charge in [0.15, 0.2) is 0 Å². The van der Waals surface area contributed by atoms with E-state index in [1.54, 1.807) is 13.2 Å². The van der Waals surface area contributed by atoms with Crippen LogP contribution in [-0.4, -0.2) is 12.1 Å². The summed E-state index contributed by atoms with van der Waals surface area (Å²) in [5.41, 5.74) is 8.17. The third-order valence-electron chi connectivity index (χ3n) is 2.69. The van der Waals surface area contributed by atoms with Gasteiger partial charge in [-0.1, -0.05) is 6.92 Å². The number of benzene rings is 1. The first-order valence-electron chi connectivity index (χ1n) is 5.56. The van der Waals surface area contributed by atoms with Crippen molar-refractivity contribution in [3.63, 3.8) is 0 Å². The van der Waals surface area contributed by atoms with Gasteiger partial charge < -0.3 is 14.9 Å². The Morgan fingerprint density at radius 1 is 1.41 bits per heavy atom. The van der Waals surface area contributed by atoms with E-state index < -0.39 is 0 Å². The summed E-state index contributed by atoms with van der Waals surface area (Å²) in [7, 11) is 1.59. The van der Waals surface area contributed by atoms with Crippen LogP contribution >= 0.6 is 0 Å². The zero-order chi connectivity index (χ0) is 12.4. The highest BCUT2D eigenvalue weighted by Gasteiger charge is 2.11. The summed E-state index contributed by atoms with van der Waals surface area (Å²) in [6, 6.07) is 5.50. The zero-order valence-electron chi connectivity index (χ0n) is 10.3. The number of nitrogen functional groups attached to an aromatic ring is 1. The number of hydrogen-bond acceptors (Lipinski definition) is 4. The molecule has 0 bridgehead atoms. The number of rotatable bonds is 3. The maximum absolute atomic E-state index is 5.76. The molecule has 1 aromatic heterocycles. The van der Waals surface area contributed by atoms with Crippen molar-refractivity contribution in [2.75, 3.05) is 12.8 Å². The Labute approximate surface area is 100 Å². The molecule has 0 fully saturated rings. The molecule has 1 heterocycles. The lowest BCUT2D eigenvalue weighted by atomic mass is 10.2. The molecule has 1 aromatic carbocycles. The minimum absolute atomic E-state index is 0.607. The first-order valence-corrected chi connectivity index (χ1v) is 5.56. The average Bonchev–Trinajstić information content (AvgIpc) is 2.71. The van der Waals surface area contributed by atoms with Crippen molar-refractivity contribution in [3.05, 3.63) is 29.7 Å². The van der Waals surface area contributed by atoms with Crippen LogP contribution in [0, 0.1) is 6.92 Å². The first-order chi connectivity index (χ1) is 8.15. The van der Waals surface area contributed by atoms with Crippen molar-refractivity contribution < 1.29 is 9.15 Å². The number of anilines is 1. The molecule has 4 heteroatoms. The fourth-order valence-electron chi connectivity index (χ4n) is 1.72. The highest BCUT2D eigenvalue weighted by Crippen LogP contribution is 2.29. The van der Waals surface area contributed by atoms with E-state index in [0.717, 1.165) is 23.4 Å². The van der Waals surface area contributed by atoms with Gasteiger partial charge >= 0.3 is 0 Å². The Hall–Kier alpha value is -1.97. The van der Waals surface area contributed by atoms with Crippen molar-refractivity contribution in [1.82, 2.24) is 4.98 Å². The Morgan fingerprint density at radius 3 is 2.76 bits per heavy atom. The number of methoxy groups -OCH3 is 1. The van der Waals surface area contributed by atoms with Gasteiger partial charge in [-0.2, -0.15) is 0 Å². The molecule has 0 aliphatic carbocycles. The Morgan fingerprint density at radius 2 is 2.18 bits per heavy atom. The normalized spacial score (nSPS) is 10.5. The Balaban J connectivity index is 2.45. The topological polar surface area (TPSA) is 61.3 Å². The third-order valence-corrected chi connectivity index (χ3v) is 2.69. The van der Waals surface area contributed by atoms with Crippen molar-refractivity contribution in [2.24, 2.45) is 0 Å². The molecule has 0 atom stereocenters. The minimum Gasteiger partial charge on any atom is -0.495 e. The van der Waals surface area contributed by atoms with Gasteiger partial charge in [0.05, 0.1) is 18.5 Å². The number of nitrogens with two attached hydrogens (primary N) is 1. The Kier molecular flexibility index (Phi) is 3.04. The summed E-state index contributed by atoms with van der Waals surface area (Å²) in [6.07, 6.45) is 0.838. The SMILES string of the molecule is CCc1oc(-c2ccc(N)c(OC)c2)nc1C. The molecular weight excluding hydrogens is 216 g/mol. The second-order valence-electron chi connectivity index (χ2n) is 3.84. The number of ether oxygens (including phenoxy) is 1. The zero-order valence-corrected chi connectivity index (χ0v) is 10.3. The summed E-state index contributed by atoms with van der Waals surface area (Å²) >= 11 is 0. The van der Waals surface area contributed by atoms with Crippen molar-refractivity contribution in [1.29, 1.82) is 0 Å². The van der Waals surface area contributed by atoms with E-state index in [0.29, 0.717) is 17.3 Å². The average molecular weight is 232 g/mol. The van der Waals surface area contributed by atoms with E-state index in [9.17, 15) is 0 Å². The molecule has 2 N–H and O–H groups in total. The molecule has 0 amide bonds. The molecular formula is C13H16N2O2. The summed E-state index contributed by atoms with van der Waals surface area (Å²) < 4.78 is 10.9. The lowest BCUT2D eigenvalue weighted by molar-refractivity contribution is 0.417. The van der Waals surface area contributed by atoms with E-state index >= 15 is 0 Å². The maximum atomic E-state index is 5.76. The fourth-order valence-corrected chi connectivity index (χ4v) is 1.72. The molecule has 90 valence electrons. The van der Waals surface area contributed by atoms with E-state index in [-0.39, 0.29) is 0 Å². The molecule has 17 heavy (non-hydrogen) atoms. The summed E-state index contributed by atoms with van der Waals surface area (Å²) in [6.45, 7) is 3.99.